The Kier molecular flexibility index (Phi) is 7.30. The number of aromatic nitrogens is 2. The molecule has 0 radical (unpaired) electrons. The fraction of sp³-hybridized carbons (Fsp3) is 0.400. The van der Waals surface area contributed by atoms with Gasteiger partial charge in [0.2, 0.25) is 5.91 Å². The molecule has 1 aromatic heterocycles. The van der Waals surface area contributed by atoms with E-state index in [1.807, 2.05) is 19.1 Å². The number of esters is 1. The quantitative estimate of drug-likeness (QED) is 0.472. The highest BCUT2D eigenvalue weighted by Gasteiger charge is 2.41. The Bertz CT molecular complexity index is 1310. The number of fused-ring (bicyclic) bond motifs is 1. The topological polar surface area (TPSA) is 111 Å². The van der Waals surface area contributed by atoms with E-state index in [1.165, 1.54) is 18.2 Å². The summed E-state index contributed by atoms with van der Waals surface area (Å²) in [5.74, 6) is -1.08. The summed E-state index contributed by atoms with van der Waals surface area (Å²) in [5, 5.41) is 12.4. The van der Waals surface area contributed by atoms with Crippen molar-refractivity contribution in [2.24, 2.45) is 11.8 Å². The van der Waals surface area contributed by atoms with Gasteiger partial charge in [0.15, 0.2) is 0 Å². The third-order valence-electron chi connectivity index (χ3n) is 8.06. The van der Waals surface area contributed by atoms with E-state index >= 15 is 0 Å². The number of piperidine rings is 1. The van der Waals surface area contributed by atoms with Crippen molar-refractivity contribution in [3.05, 3.63) is 89.0 Å². The number of nitriles is 1. The lowest BCUT2D eigenvalue weighted by Crippen LogP contribution is -2.55. The van der Waals surface area contributed by atoms with E-state index in [9.17, 15) is 9.59 Å². The van der Waals surface area contributed by atoms with E-state index in [-0.39, 0.29) is 29.8 Å². The monoisotopic (exact) mass is 511 g/mol. The molecule has 2 N–H and O–H groups in total. The lowest BCUT2D eigenvalue weighted by molar-refractivity contribution is -0.149. The molecule has 1 fully saturated rings. The average Bonchev–Trinajstić information content (AvgIpc) is 3.64. The van der Waals surface area contributed by atoms with Gasteiger partial charge >= 0.3 is 5.97 Å². The number of carbonyl (C=O) groups is 2. The van der Waals surface area contributed by atoms with Crippen molar-refractivity contribution in [1.82, 2.24) is 20.2 Å². The number of aromatic amines is 1. The van der Waals surface area contributed by atoms with Gasteiger partial charge in [-0.25, -0.2) is 4.98 Å². The number of ether oxygens (including phenoxy) is 1. The van der Waals surface area contributed by atoms with Gasteiger partial charge in [-0.2, -0.15) is 5.26 Å². The van der Waals surface area contributed by atoms with Gasteiger partial charge in [0.1, 0.15) is 0 Å². The van der Waals surface area contributed by atoms with E-state index in [1.54, 1.807) is 24.7 Å². The molecule has 5 rings (SSSR count). The van der Waals surface area contributed by atoms with Crippen molar-refractivity contribution in [1.29, 1.82) is 5.26 Å². The van der Waals surface area contributed by atoms with Gasteiger partial charge in [0.05, 0.1) is 54.3 Å². The molecule has 38 heavy (non-hydrogen) atoms. The molecule has 1 amide bonds. The standard InChI is InChI=1S/C30H33N5O3/c1-30(27-16-32-19-33-27,14-20-7-9-21(15-31)10-8-20)34-28(36)24-11-25(29(37)38-2)18-35(17-24)26-12-22-5-3-4-6-23(22)13-26/h3-10,16,19,24-26H,11-14,17-18H2,1-2H3,(H,32,33)(H,34,36)/t24-,25+,30?/m0/s1. The van der Waals surface area contributed by atoms with Gasteiger partial charge in [-0.05, 0) is 55.0 Å². The average molecular weight is 512 g/mol. The van der Waals surface area contributed by atoms with Crippen LogP contribution in [0.4, 0.5) is 0 Å². The second kappa shape index (κ2) is 10.8. The first-order chi connectivity index (χ1) is 18.4. The number of rotatable bonds is 7. The molecule has 0 spiro atoms. The summed E-state index contributed by atoms with van der Waals surface area (Å²) in [7, 11) is 1.41. The summed E-state index contributed by atoms with van der Waals surface area (Å²) in [6.07, 6.45) is 6.13. The molecule has 1 aliphatic carbocycles. The fourth-order valence-corrected chi connectivity index (χ4v) is 6.00. The molecule has 1 unspecified atom stereocenters. The molecule has 2 aliphatic rings. The van der Waals surface area contributed by atoms with Crippen LogP contribution < -0.4 is 5.32 Å². The summed E-state index contributed by atoms with van der Waals surface area (Å²) < 4.78 is 5.11. The Hall–Kier alpha value is -3.96. The predicted octanol–water partition coefficient (Wildman–Crippen LogP) is 3.13. The van der Waals surface area contributed by atoms with Crippen LogP contribution in [0.25, 0.3) is 0 Å². The number of hydrogen-bond donors (Lipinski definition) is 2. The minimum absolute atomic E-state index is 0.0927. The summed E-state index contributed by atoms with van der Waals surface area (Å²) in [6.45, 7) is 3.16. The molecular weight excluding hydrogens is 478 g/mol. The zero-order valence-corrected chi connectivity index (χ0v) is 21.8. The highest BCUT2D eigenvalue weighted by molar-refractivity contribution is 5.81. The van der Waals surface area contributed by atoms with E-state index in [0.717, 1.165) is 24.1 Å². The lowest BCUT2D eigenvalue weighted by atomic mass is 9.85. The smallest absolute Gasteiger partial charge is 0.309 e. The maximum atomic E-state index is 13.9. The number of benzene rings is 2. The Morgan fingerprint density at radius 3 is 2.42 bits per heavy atom. The Morgan fingerprint density at radius 1 is 1.13 bits per heavy atom. The number of hydrogen-bond acceptors (Lipinski definition) is 6. The molecule has 2 heterocycles. The van der Waals surface area contributed by atoms with Crippen LogP contribution in [0.3, 0.4) is 0 Å². The first kappa shape index (κ1) is 25.7. The van der Waals surface area contributed by atoms with Crippen LogP contribution in [0.1, 0.15) is 41.3 Å². The maximum absolute atomic E-state index is 13.9. The Balaban J connectivity index is 1.36. The molecule has 1 aliphatic heterocycles. The van der Waals surface area contributed by atoms with Crippen molar-refractivity contribution in [2.75, 3.05) is 20.2 Å². The maximum Gasteiger partial charge on any atom is 0.309 e. The summed E-state index contributed by atoms with van der Waals surface area (Å²) in [6, 6.07) is 18.2. The predicted molar refractivity (Wildman–Crippen MR) is 142 cm³/mol. The van der Waals surface area contributed by atoms with Crippen molar-refractivity contribution in [3.8, 4) is 6.07 Å². The van der Waals surface area contributed by atoms with Crippen LogP contribution in [0.5, 0.6) is 0 Å². The number of likely N-dealkylation sites (tertiary alicyclic amines) is 1. The first-order valence-electron chi connectivity index (χ1n) is 13.1. The van der Waals surface area contributed by atoms with Crippen molar-refractivity contribution in [3.63, 3.8) is 0 Å². The Morgan fingerprint density at radius 2 is 1.82 bits per heavy atom. The second-order valence-corrected chi connectivity index (χ2v) is 10.7. The minimum Gasteiger partial charge on any atom is -0.469 e. The van der Waals surface area contributed by atoms with Crippen molar-refractivity contribution < 1.29 is 14.3 Å². The number of nitrogens with zero attached hydrogens (tertiary/aromatic N) is 3. The number of carbonyl (C=O) groups excluding carboxylic acids is 2. The zero-order valence-electron chi connectivity index (χ0n) is 21.8. The van der Waals surface area contributed by atoms with Gasteiger partial charge in [0, 0.05) is 25.6 Å². The number of nitrogens with one attached hydrogen (secondary N) is 2. The van der Waals surface area contributed by atoms with Crippen LogP contribution >= 0.6 is 0 Å². The third kappa shape index (κ3) is 5.34. The highest BCUT2D eigenvalue weighted by atomic mass is 16.5. The molecule has 3 atom stereocenters. The molecule has 0 saturated carbocycles. The van der Waals surface area contributed by atoms with Crippen LogP contribution in [0.15, 0.2) is 61.1 Å². The molecule has 2 aromatic carbocycles. The number of amides is 1. The summed E-state index contributed by atoms with van der Waals surface area (Å²) in [4.78, 5) is 36.2. The molecule has 8 nitrogen and oxygen atoms in total. The molecule has 0 bridgehead atoms. The summed E-state index contributed by atoms with van der Waals surface area (Å²) >= 11 is 0. The van der Waals surface area contributed by atoms with E-state index in [4.69, 9.17) is 10.00 Å². The Labute approximate surface area is 223 Å². The van der Waals surface area contributed by atoms with Crippen LogP contribution in [-0.2, 0) is 39.1 Å². The molecule has 196 valence electrons. The molecular formula is C30H33N5O3. The van der Waals surface area contributed by atoms with E-state index in [2.05, 4.69) is 50.5 Å². The van der Waals surface area contributed by atoms with Crippen LogP contribution in [0, 0.1) is 23.2 Å². The van der Waals surface area contributed by atoms with Crippen molar-refractivity contribution >= 4 is 11.9 Å². The molecule has 1 saturated heterocycles. The molecule has 8 heteroatoms. The van der Waals surface area contributed by atoms with Gasteiger partial charge < -0.3 is 15.0 Å². The van der Waals surface area contributed by atoms with Crippen molar-refractivity contribution in [2.45, 2.75) is 44.2 Å². The number of methoxy groups -OCH3 is 1. The highest BCUT2D eigenvalue weighted by Crippen LogP contribution is 2.32. The minimum atomic E-state index is -0.756. The van der Waals surface area contributed by atoms with Gasteiger partial charge in [-0.3, -0.25) is 14.5 Å². The number of imidazole rings is 1. The SMILES string of the molecule is COC(=O)[C@@H]1C[C@H](C(=O)NC(C)(Cc2ccc(C#N)cc2)c2cnc[nH]2)CN(C2Cc3ccccc3C2)C1. The van der Waals surface area contributed by atoms with Crippen LogP contribution in [0.2, 0.25) is 0 Å². The summed E-state index contributed by atoms with van der Waals surface area (Å²) in [5.41, 5.74) is 4.29. The normalized spacial score (nSPS) is 21.2. The lowest BCUT2D eigenvalue weighted by Gasteiger charge is -2.40. The number of H-pyrrole nitrogens is 1. The van der Waals surface area contributed by atoms with Gasteiger partial charge in [0.25, 0.3) is 0 Å². The van der Waals surface area contributed by atoms with Crippen LogP contribution in [-0.4, -0.2) is 53.0 Å². The van der Waals surface area contributed by atoms with Gasteiger partial charge in [-0.1, -0.05) is 36.4 Å². The van der Waals surface area contributed by atoms with E-state index in [0.29, 0.717) is 31.5 Å². The zero-order chi connectivity index (χ0) is 26.7. The fourth-order valence-electron chi connectivity index (χ4n) is 6.00. The van der Waals surface area contributed by atoms with E-state index < -0.39 is 5.54 Å². The third-order valence-corrected chi connectivity index (χ3v) is 8.06. The molecule has 3 aromatic rings. The second-order valence-electron chi connectivity index (χ2n) is 10.7. The van der Waals surface area contributed by atoms with Gasteiger partial charge in [-0.15, -0.1) is 0 Å². The largest absolute Gasteiger partial charge is 0.469 e. The first-order valence-corrected chi connectivity index (χ1v) is 13.1.